The Morgan fingerprint density at radius 1 is 1.37 bits per heavy atom. The number of pyridine rings is 1. The van der Waals surface area contributed by atoms with E-state index in [1.54, 1.807) is 27.9 Å². The molecule has 140 valence electrons. The minimum absolute atomic E-state index is 0.102. The van der Waals surface area contributed by atoms with Gasteiger partial charge in [0.25, 0.3) is 5.91 Å². The molecule has 8 nitrogen and oxygen atoms in total. The number of aryl methyl sites for hydroxylation is 2. The Morgan fingerprint density at radius 2 is 2.22 bits per heavy atom. The van der Waals surface area contributed by atoms with Gasteiger partial charge < -0.3 is 14.6 Å². The van der Waals surface area contributed by atoms with Crippen LogP contribution in [0.2, 0.25) is 0 Å². The average molecular weight is 367 g/mol. The quantitative estimate of drug-likeness (QED) is 0.767. The molecule has 1 fully saturated rings. The van der Waals surface area contributed by atoms with E-state index in [0.29, 0.717) is 24.5 Å². The van der Waals surface area contributed by atoms with Crippen LogP contribution in [0.25, 0.3) is 11.0 Å². The lowest BCUT2D eigenvalue weighted by molar-refractivity contribution is -0.121. The lowest BCUT2D eigenvalue weighted by Gasteiger charge is -2.31. The lowest BCUT2D eigenvalue weighted by atomic mass is 9.96. The number of carbonyl (C=O) groups is 2. The van der Waals surface area contributed by atoms with Crippen LogP contribution < -0.4 is 5.32 Å². The van der Waals surface area contributed by atoms with Crippen molar-refractivity contribution in [3.63, 3.8) is 0 Å². The van der Waals surface area contributed by atoms with Crippen molar-refractivity contribution in [1.29, 1.82) is 0 Å². The van der Waals surface area contributed by atoms with Crippen molar-refractivity contribution in [1.82, 2.24) is 19.7 Å². The topological polar surface area (TPSA) is 93.3 Å². The molecule has 1 aliphatic rings. The summed E-state index contributed by atoms with van der Waals surface area (Å²) in [5.41, 5.74) is 2.28. The van der Waals surface area contributed by atoms with E-state index < -0.39 is 0 Å². The average Bonchev–Trinajstić information content (AvgIpc) is 3.30. The molecular formula is C19H21N5O3. The van der Waals surface area contributed by atoms with Gasteiger partial charge in [-0.1, -0.05) is 0 Å². The molecule has 0 aromatic carbocycles. The molecule has 0 bridgehead atoms. The fraction of sp³-hybridized carbons (Fsp3) is 0.368. The highest BCUT2D eigenvalue weighted by atomic mass is 16.3. The van der Waals surface area contributed by atoms with E-state index in [1.165, 1.54) is 6.26 Å². The summed E-state index contributed by atoms with van der Waals surface area (Å²) in [5.74, 6) is -0.234. The largest absolute Gasteiger partial charge is 0.459 e. The van der Waals surface area contributed by atoms with Crippen LogP contribution in [0.4, 0.5) is 5.69 Å². The standard InChI is InChI=1S/C19H21N5O3/c1-12-15-9-14(10-20-17(15)23(2)22-12)21-18(25)13-5-3-7-24(11-13)19(26)16-6-4-8-27-16/h4,6,8-10,13H,3,5,7,11H2,1-2H3,(H,21,25)/t13-/m1/s1. The van der Waals surface area contributed by atoms with Gasteiger partial charge in [-0.3, -0.25) is 14.3 Å². The van der Waals surface area contributed by atoms with Crippen molar-refractivity contribution in [3.8, 4) is 0 Å². The number of hydrogen-bond donors (Lipinski definition) is 1. The van der Waals surface area contributed by atoms with E-state index in [9.17, 15) is 9.59 Å². The zero-order valence-corrected chi connectivity index (χ0v) is 15.3. The van der Waals surface area contributed by atoms with Gasteiger partial charge in [0.05, 0.1) is 29.8 Å². The fourth-order valence-corrected chi connectivity index (χ4v) is 3.55. The Balaban J connectivity index is 1.46. The van der Waals surface area contributed by atoms with Gasteiger partial charge in [-0.2, -0.15) is 5.10 Å². The summed E-state index contributed by atoms with van der Waals surface area (Å²) in [6, 6.07) is 5.21. The van der Waals surface area contributed by atoms with Gasteiger partial charge in [0.1, 0.15) is 0 Å². The number of anilines is 1. The number of amides is 2. The molecule has 0 aliphatic carbocycles. The van der Waals surface area contributed by atoms with E-state index in [2.05, 4.69) is 15.4 Å². The second-order valence-corrected chi connectivity index (χ2v) is 6.86. The Hall–Kier alpha value is -3.16. The lowest BCUT2D eigenvalue weighted by Crippen LogP contribution is -2.43. The van der Waals surface area contributed by atoms with Crippen molar-refractivity contribution < 1.29 is 14.0 Å². The molecule has 3 aromatic rings. The molecule has 1 saturated heterocycles. The van der Waals surface area contributed by atoms with Crippen molar-refractivity contribution in [3.05, 3.63) is 42.1 Å². The van der Waals surface area contributed by atoms with E-state index in [1.807, 2.05) is 20.0 Å². The molecule has 1 aliphatic heterocycles. The van der Waals surface area contributed by atoms with Crippen molar-refractivity contribution in [2.24, 2.45) is 13.0 Å². The van der Waals surface area contributed by atoms with Crippen LogP contribution in [0.1, 0.15) is 29.1 Å². The van der Waals surface area contributed by atoms with Crippen molar-refractivity contribution >= 4 is 28.5 Å². The highest BCUT2D eigenvalue weighted by molar-refractivity contribution is 5.96. The molecule has 0 spiro atoms. The summed E-state index contributed by atoms with van der Waals surface area (Å²) in [6.45, 7) is 2.92. The molecule has 0 unspecified atom stereocenters. The molecule has 4 rings (SSSR count). The number of rotatable bonds is 3. The molecule has 27 heavy (non-hydrogen) atoms. The number of carbonyl (C=O) groups excluding carboxylic acids is 2. The third-order valence-electron chi connectivity index (χ3n) is 4.94. The third kappa shape index (κ3) is 3.30. The zero-order chi connectivity index (χ0) is 19.0. The highest BCUT2D eigenvalue weighted by Gasteiger charge is 2.30. The van der Waals surface area contributed by atoms with Crippen molar-refractivity contribution in [2.75, 3.05) is 18.4 Å². The zero-order valence-electron chi connectivity index (χ0n) is 15.3. The van der Waals surface area contributed by atoms with Gasteiger partial charge in [0, 0.05) is 25.5 Å². The van der Waals surface area contributed by atoms with Crippen LogP contribution >= 0.6 is 0 Å². The number of furan rings is 1. The van der Waals surface area contributed by atoms with E-state index >= 15 is 0 Å². The van der Waals surface area contributed by atoms with Crippen LogP contribution in [0, 0.1) is 12.8 Å². The molecule has 0 radical (unpaired) electrons. The summed E-state index contributed by atoms with van der Waals surface area (Å²) in [4.78, 5) is 31.2. The molecule has 8 heteroatoms. The SMILES string of the molecule is Cc1nn(C)c2ncc(NC(=O)[C@@H]3CCCN(C(=O)c4ccco4)C3)cc12. The Morgan fingerprint density at radius 3 is 3.00 bits per heavy atom. The number of fused-ring (bicyclic) bond motifs is 1. The molecule has 2 amide bonds. The van der Waals surface area contributed by atoms with Gasteiger partial charge in [0.2, 0.25) is 5.91 Å². The first kappa shape index (κ1) is 17.3. The molecule has 4 heterocycles. The number of nitrogens with one attached hydrogen (secondary N) is 1. The second-order valence-electron chi connectivity index (χ2n) is 6.86. The fourth-order valence-electron chi connectivity index (χ4n) is 3.55. The van der Waals surface area contributed by atoms with Crippen LogP contribution in [0.5, 0.6) is 0 Å². The summed E-state index contributed by atoms with van der Waals surface area (Å²) in [7, 11) is 1.84. The van der Waals surface area contributed by atoms with Gasteiger partial charge >= 0.3 is 0 Å². The van der Waals surface area contributed by atoms with Crippen LogP contribution in [0.15, 0.2) is 35.1 Å². The maximum atomic E-state index is 12.7. The molecule has 1 N–H and O–H groups in total. The number of nitrogens with zero attached hydrogens (tertiary/aromatic N) is 4. The normalized spacial score (nSPS) is 17.3. The highest BCUT2D eigenvalue weighted by Crippen LogP contribution is 2.23. The molecule has 1 atom stereocenters. The van der Waals surface area contributed by atoms with Crippen LogP contribution in [0.3, 0.4) is 0 Å². The summed E-state index contributed by atoms with van der Waals surface area (Å²) < 4.78 is 6.90. The smallest absolute Gasteiger partial charge is 0.289 e. The Kier molecular flexibility index (Phi) is 4.39. The second kappa shape index (κ2) is 6.86. The van der Waals surface area contributed by atoms with E-state index in [0.717, 1.165) is 29.6 Å². The number of piperidine rings is 1. The monoisotopic (exact) mass is 367 g/mol. The Bertz CT molecular complexity index is 992. The van der Waals surface area contributed by atoms with E-state index in [-0.39, 0.29) is 17.7 Å². The minimum atomic E-state index is -0.261. The number of aromatic nitrogens is 3. The molecule has 3 aromatic heterocycles. The summed E-state index contributed by atoms with van der Waals surface area (Å²) >= 11 is 0. The minimum Gasteiger partial charge on any atom is -0.459 e. The molecule has 0 saturated carbocycles. The van der Waals surface area contributed by atoms with Gasteiger partial charge in [-0.05, 0) is 38.0 Å². The van der Waals surface area contributed by atoms with Gasteiger partial charge in [-0.15, -0.1) is 0 Å². The summed E-state index contributed by atoms with van der Waals surface area (Å²) in [5, 5.41) is 8.19. The maximum Gasteiger partial charge on any atom is 0.289 e. The van der Waals surface area contributed by atoms with Gasteiger partial charge in [-0.25, -0.2) is 4.98 Å². The third-order valence-corrected chi connectivity index (χ3v) is 4.94. The number of hydrogen-bond acceptors (Lipinski definition) is 5. The van der Waals surface area contributed by atoms with Crippen molar-refractivity contribution in [2.45, 2.75) is 19.8 Å². The first-order chi connectivity index (χ1) is 13.0. The number of likely N-dealkylation sites (tertiary alicyclic amines) is 1. The summed E-state index contributed by atoms with van der Waals surface area (Å²) in [6.07, 6.45) is 4.64. The molecular weight excluding hydrogens is 346 g/mol. The predicted molar refractivity (Wildman–Crippen MR) is 99.2 cm³/mol. The van der Waals surface area contributed by atoms with E-state index in [4.69, 9.17) is 4.42 Å². The first-order valence-electron chi connectivity index (χ1n) is 8.96. The predicted octanol–water partition coefficient (Wildman–Crippen LogP) is 2.36. The maximum absolute atomic E-state index is 12.7. The van der Waals surface area contributed by atoms with Crippen LogP contribution in [-0.2, 0) is 11.8 Å². The van der Waals surface area contributed by atoms with Gasteiger partial charge in [0.15, 0.2) is 11.4 Å². The Labute approximate surface area is 156 Å². The van der Waals surface area contributed by atoms with Crippen LogP contribution in [-0.4, -0.2) is 44.6 Å². The first-order valence-corrected chi connectivity index (χ1v) is 8.96.